The number of fused-ring (bicyclic) bond motifs is 2. The number of phenolic OH excluding ortho intramolecular Hbond substituents is 2. The molecule has 42 heavy (non-hydrogen) atoms. The quantitative estimate of drug-likeness (QED) is 0.148. The van der Waals surface area contributed by atoms with Crippen LogP contribution in [0.25, 0.3) is 21.8 Å². The smallest absolute Gasteiger partial charge is 0.328 e. The highest BCUT2D eigenvalue weighted by molar-refractivity contribution is 5.90. The van der Waals surface area contributed by atoms with E-state index < -0.39 is 11.9 Å². The molecular weight excluding hydrogens is 536 g/mol. The van der Waals surface area contributed by atoms with Crippen molar-refractivity contribution in [3.8, 4) is 11.5 Å². The predicted octanol–water partition coefficient (Wildman–Crippen LogP) is 4.73. The number of aromatic nitrogens is 2. The zero-order valence-corrected chi connectivity index (χ0v) is 24.1. The van der Waals surface area contributed by atoms with Gasteiger partial charge in [0.25, 0.3) is 0 Å². The molecule has 6 N–H and O–H groups in total. The lowest BCUT2D eigenvalue weighted by molar-refractivity contribution is -0.134. The second kappa shape index (κ2) is 14.1. The Kier molecular flexibility index (Phi) is 10.3. The summed E-state index contributed by atoms with van der Waals surface area (Å²) in [6, 6.07) is 12.9. The van der Waals surface area contributed by atoms with Gasteiger partial charge >= 0.3 is 11.9 Å². The summed E-state index contributed by atoms with van der Waals surface area (Å²) in [4.78, 5) is 30.4. The maximum absolute atomic E-state index is 9.89. The Morgan fingerprint density at radius 2 is 1.12 bits per heavy atom. The number of aliphatic carboxylic acids is 2. The van der Waals surface area contributed by atoms with Gasteiger partial charge in [-0.2, -0.15) is 0 Å². The van der Waals surface area contributed by atoms with Crippen LogP contribution in [-0.4, -0.2) is 91.4 Å². The fraction of sp³-hybridized carbons (Fsp3) is 0.375. The van der Waals surface area contributed by atoms with E-state index in [1.165, 1.54) is 36.8 Å². The van der Waals surface area contributed by atoms with Gasteiger partial charge in [-0.1, -0.05) is 12.1 Å². The molecule has 0 saturated heterocycles. The molecule has 0 atom stereocenters. The topological polar surface area (TPSA) is 153 Å². The van der Waals surface area contributed by atoms with Crippen molar-refractivity contribution in [2.45, 2.75) is 50.6 Å². The summed E-state index contributed by atoms with van der Waals surface area (Å²) in [5.74, 6) is -1.75. The molecule has 0 radical (unpaired) electrons. The van der Waals surface area contributed by atoms with Crippen LogP contribution in [0, 0.1) is 0 Å². The third-order valence-corrected chi connectivity index (χ3v) is 7.71. The summed E-state index contributed by atoms with van der Waals surface area (Å²) >= 11 is 0. The number of hydrogen-bond acceptors (Lipinski definition) is 6. The van der Waals surface area contributed by atoms with E-state index in [1.807, 2.05) is 36.7 Å². The van der Waals surface area contributed by atoms with E-state index in [1.54, 1.807) is 12.1 Å². The molecule has 0 bridgehead atoms. The number of aromatic amines is 2. The molecule has 2 aliphatic rings. The molecule has 0 spiro atoms. The van der Waals surface area contributed by atoms with Crippen LogP contribution in [-0.2, 0) is 22.4 Å². The van der Waals surface area contributed by atoms with Crippen molar-refractivity contribution in [3.05, 3.63) is 72.1 Å². The standard InChI is InChI=1S/2C14H18N2O.C4H4O4/c2*1-16(11-5-6-11)8-7-10-9-15-12-3-2-4-13(17)14(10)12;5-3(6)1-2-4(7)8/h2*2-4,9,11,15,17H,5-8H2,1H3;1-2H,(H,5,6)(H,7,8)/b;;2-1+. The molecule has 2 heterocycles. The molecule has 2 aliphatic carbocycles. The summed E-state index contributed by atoms with van der Waals surface area (Å²) < 4.78 is 0. The second-order valence-electron chi connectivity index (χ2n) is 11.0. The first-order valence-corrected chi connectivity index (χ1v) is 14.2. The van der Waals surface area contributed by atoms with Crippen molar-refractivity contribution < 1.29 is 30.0 Å². The van der Waals surface area contributed by atoms with E-state index in [4.69, 9.17) is 10.2 Å². The van der Waals surface area contributed by atoms with Crippen LogP contribution in [0.1, 0.15) is 36.8 Å². The number of phenols is 2. The van der Waals surface area contributed by atoms with Gasteiger partial charge in [0.2, 0.25) is 0 Å². The number of nitrogens with one attached hydrogen (secondary N) is 2. The van der Waals surface area contributed by atoms with Gasteiger partial charge in [0.15, 0.2) is 0 Å². The van der Waals surface area contributed by atoms with Gasteiger partial charge in [-0.05, 0) is 88.0 Å². The van der Waals surface area contributed by atoms with E-state index in [9.17, 15) is 19.8 Å². The SMILES string of the molecule is CN(CCc1c[nH]c2cccc(O)c12)C1CC1.CN(CCc1c[nH]c2cccc(O)c12)C1CC1.O=C(O)/C=C/C(=O)O. The fourth-order valence-corrected chi connectivity index (χ4v) is 5.00. The molecule has 6 rings (SSSR count). The number of likely N-dealkylation sites (N-methyl/N-ethyl adjacent to an activating group) is 2. The third-order valence-electron chi connectivity index (χ3n) is 7.71. The van der Waals surface area contributed by atoms with Crippen LogP contribution in [0.3, 0.4) is 0 Å². The normalized spacial score (nSPS) is 14.7. The molecule has 2 fully saturated rings. The largest absolute Gasteiger partial charge is 0.507 e. The number of rotatable bonds is 10. The maximum Gasteiger partial charge on any atom is 0.328 e. The lowest BCUT2D eigenvalue weighted by Crippen LogP contribution is -2.23. The van der Waals surface area contributed by atoms with Crippen molar-refractivity contribution in [1.29, 1.82) is 0 Å². The van der Waals surface area contributed by atoms with E-state index in [-0.39, 0.29) is 0 Å². The molecule has 2 saturated carbocycles. The molecule has 4 aromatic rings. The van der Waals surface area contributed by atoms with Crippen LogP contribution < -0.4 is 0 Å². The van der Waals surface area contributed by atoms with Crippen molar-refractivity contribution in [3.63, 3.8) is 0 Å². The van der Waals surface area contributed by atoms with Crippen LogP contribution in [0.15, 0.2) is 60.9 Å². The minimum absolute atomic E-state index is 0.382. The van der Waals surface area contributed by atoms with Gasteiger partial charge < -0.3 is 40.2 Å². The molecule has 0 unspecified atom stereocenters. The third kappa shape index (κ3) is 8.61. The monoisotopic (exact) mass is 576 g/mol. The molecule has 224 valence electrons. The molecule has 10 heteroatoms. The van der Waals surface area contributed by atoms with Crippen molar-refractivity contribution in [2.75, 3.05) is 27.2 Å². The van der Waals surface area contributed by atoms with E-state index in [0.29, 0.717) is 23.7 Å². The van der Waals surface area contributed by atoms with E-state index in [0.717, 1.165) is 59.8 Å². The minimum Gasteiger partial charge on any atom is -0.507 e. The Balaban J connectivity index is 0.000000155. The van der Waals surface area contributed by atoms with Crippen LogP contribution >= 0.6 is 0 Å². The lowest BCUT2D eigenvalue weighted by atomic mass is 10.1. The molecule has 0 amide bonds. The predicted molar refractivity (Wildman–Crippen MR) is 163 cm³/mol. The highest BCUT2D eigenvalue weighted by Crippen LogP contribution is 2.31. The highest BCUT2D eigenvalue weighted by atomic mass is 16.4. The van der Waals surface area contributed by atoms with Crippen LogP contribution in [0.5, 0.6) is 11.5 Å². The zero-order valence-electron chi connectivity index (χ0n) is 24.1. The zero-order chi connectivity index (χ0) is 30.2. The maximum atomic E-state index is 9.89. The summed E-state index contributed by atoms with van der Waals surface area (Å²) in [5, 5.41) is 37.4. The average Bonchev–Trinajstić information content (AvgIpc) is 3.89. The Morgan fingerprint density at radius 1 is 0.738 bits per heavy atom. The van der Waals surface area contributed by atoms with Gasteiger partial charge in [0.1, 0.15) is 11.5 Å². The number of carbonyl (C=O) groups is 2. The fourth-order valence-electron chi connectivity index (χ4n) is 5.00. The number of H-pyrrole nitrogens is 2. The first kappa shape index (κ1) is 30.7. The summed E-state index contributed by atoms with van der Waals surface area (Å²) in [6.45, 7) is 2.12. The van der Waals surface area contributed by atoms with Crippen LogP contribution in [0.2, 0.25) is 0 Å². The van der Waals surface area contributed by atoms with Crippen molar-refractivity contribution in [1.82, 2.24) is 19.8 Å². The molecule has 10 nitrogen and oxygen atoms in total. The van der Waals surface area contributed by atoms with Crippen molar-refractivity contribution in [2.24, 2.45) is 0 Å². The number of benzene rings is 2. The first-order valence-electron chi connectivity index (χ1n) is 14.2. The van der Waals surface area contributed by atoms with Gasteiger partial charge in [0, 0.05) is 71.5 Å². The number of carboxylic acids is 2. The number of carboxylic acid groups (broad SMARTS) is 2. The molecule has 2 aromatic carbocycles. The van der Waals surface area contributed by atoms with Crippen molar-refractivity contribution >= 4 is 33.7 Å². The first-order chi connectivity index (χ1) is 20.1. The van der Waals surface area contributed by atoms with E-state index >= 15 is 0 Å². The number of aromatic hydroxyl groups is 2. The summed E-state index contributed by atoms with van der Waals surface area (Å²) in [6.07, 6.45) is 12.5. The summed E-state index contributed by atoms with van der Waals surface area (Å²) in [7, 11) is 4.37. The van der Waals surface area contributed by atoms with Gasteiger partial charge in [-0.3, -0.25) is 0 Å². The van der Waals surface area contributed by atoms with Gasteiger partial charge in [-0.15, -0.1) is 0 Å². The van der Waals surface area contributed by atoms with Crippen LogP contribution in [0.4, 0.5) is 0 Å². The summed E-state index contributed by atoms with van der Waals surface area (Å²) in [5.41, 5.74) is 4.47. The molecule has 2 aromatic heterocycles. The Hall–Kier alpha value is -4.28. The van der Waals surface area contributed by atoms with Gasteiger partial charge in [0.05, 0.1) is 0 Å². The Labute approximate surface area is 244 Å². The molecule has 0 aliphatic heterocycles. The lowest BCUT2D eigenvalue weighted by Gasteiger charge is -2.14. The Bertz CT molecular complexity index is 1420. The molecular formula is C32H40N4O6. The average molecular weight is 577 g/mol. The second-order valence-corrected chi connectivity index (χ2v) is 11.0. The van der Waals surface area contributed by atoms with E-state index in [2.05, 4.69) is 33.9 Å². The minimum atomic E-state index is -1.26. The van der Waals surface area contributed by atoms with Gasteiger partial charge in [-0.25, -0.2) is 9.59 Å². The number of nitrogens with zero attached hydrogens (tertiary/aromatic N) is 2. The number of hydrogen-bond donors (Lipinski definition) is 6. The highest BCUT2D eigenvalue weighted by Gasteiger charge is 2.26. The Morgan fingerprint density at radius 3 is 1.45 bits per heavy atom.